The number of carbonyl (C=O) groups is 1. The van der Waals surface area contributed by atoms with Crippen LogP contribution in [0, 0.1) is 17.1 Å². The first-order valence-corrected chi connectivity index (χ1v) is 10.4. The fourth-order valence-corrected chi connectivity index (χ4v) is 4.31. The van der Waals surface area contributed by atoms with Crippen LogP contribution in [0.3, 0.4) is 0 Å². The van der Waals surface area contributed by atoms with Crippen LogP contribution in [0.5, 0.6) is 0 Å². The molecular formula is C24H24FN5O. The molecule has 1 fully saturated rings. The lowest BCUT2D eigenvalue weighted by atomic mass is 9.80. The van der Waals surface area contributed by atoms with E-state index in [1.807, 2.05) is 18.1 Å². The highest BCUT2D eigenvalue weighted by atomic mass is 19.1. The molecule has 2 aromatic carbocycles. The van der Waals surface area contributed by atoms with Gasteiger partial charge in [-0.15, -0.1) is 0 Å². The Hall–Kier alpha value is -3.50. The van der Waals surface area contributed by atoms with Crippen LogP contribution in [0.25, 0.3) is 10.9 Å². The molecular weight excluding hydrogens is 393 g/mol. The molecule has 0 aliphatic heterocycles. The van der Waals surface area contributed by atoms with Crippen LogP contribution in [-0.4, -0.2) is 29.1 Å². The number of halogens is 1. The predicted octanol–water partition coefficient (Wildman–Crippen LogP) is 4.94. The van der Waals surface area contributed by atoms with Crippen molar-refractivity contribution < 1.29 is 9.18 Å². The number of hydrazine groups is 1. The van der Waals surface area contributed by atoms with Gasteiger partial charge in [0.25, 0.3) is 0 Å². The van der Waals surface area contributed by atoms with Crippen molar-refractivity contribution in [2.75, 3.05) is 12.4 Å². The zero-order valence-electron chi connectivity index (χ0n) is 17.3. The number of fused-ring (bicyclic) bond motifs is 1. The first-order valence-electron chi connectivity index (χ1n) is 10.4. The number of benzene rings is 2. The van der Waals surface area contributed by atoms with Crippen molar-refractivity contribution in [3.63, 3.8) is 0 Å². The average molecular weight is 417 g/mol. The van der Waals surface area contributed by atoms with E-state index in [0.717, 1.165) is 42.1 Å². The van der Waals surface area contributed by atoms with Gasteiger partial charge in [-0.3, -0.25) is 10.4 Å². The van der Waals surface area contributed by atoms with Gasteiger partial charge < -0.3 is 5.32 Å². The molecule has 158 valence electrons. The van der Waals surface area contributed by atoms with E-state index >= 15 is 0 Å². The molecule has 3 aromatic rings. The lowest BCUT2D eigenvalue weighted by Crippen LogP contribution is -2.48. The molecule has 0 atom stereocenters. The Morgan fingerprint density at radius 2 is 1.87 bits per heavy atom. The number of nitrogens with zero attached hydrogens (tertiary/aromatic N) is 3. The van der Waals surface area contributed by atoms with E-state index in [1.54, 1.807) is 42.6 Å². The summed E-state index contributed by atoms with van der Waals surface area (Å²) >= 11 is 0. The van der Waals surface area contributed by atoms with Crippen molar-refractivity contribution in [2.24, 2.45) is 0 Å². The van der Waals surface area contributed by atoms with Crippen molar-refractivity contribution in [2.45, 2.75) is 37.6 Å². The summed E-state index contributed by atoms with van der Waals surface area (Å²) in [5.41, 5.74) is 6.02. The maximum Gasteiger partial charge on any atom is 0.333 e. The molecule has 1 heterocycles. The summed E-state index contributed by atoms with van der Waals surface area (Å²) in [6, 6.07) is 15.4. The summed E-state index contributed by atoms with van der Waals surface area (Å²) < 4.78 is 13.8. The van der Waals surface area contributed by atoms with Gasteiger partial charge in [0.05, 0.1) is 17.1 Å². The van der Waals surface area contributed by atoms with Gasteiger partial charge in [-0.05, 0) is 85.7 Å². The summed E-state index contributed by atoms with van der Waals surface area (Å²) in [6.45, 7) is 0. The number of nitrogens with one attached hydrogen (secondary N) is 2. The Morgan fingerprint density at radius 3 is 2.58 bits per heavy atom. The average Bonchev–Trinajstić information content (AvgIpc) is 2.79. The number of carbonyl (C=O) groups excluding carboxylic acids is 1. The van der Waals surface area contributed by atoms with E-state index in [4.69, 9.17) is 5.26 Å². The minimum absolute atomic E-state index is 0.229. The number of nitriles is 1. The Morgan fingerprint density at radius 1 is 1.13 bits per heavy atom. The standard InChI is InChI=1S/C24H24FN5O/c1-30(29-24(31)28-19-7-2-16(15-26)3-8-19)20-9-4-17(5-10-20)21-12-13-27-23-11-6-18(25)14-22(21)23/h2-3,6-8,11-14,17,20H,4-5,9-10H2,1H3,(H2,28,29,31). The van der Waals surface area contributed by atoms with Crippen LogP contribution in [0.15, 0.2) is 54.7 Å². The molecule has 6 nitrogen and oxygen atoms in total. The van der Waals surface area contributed by atoms with E-state index in [2.05, 4.69) is 21.8 Å². The number of hydrogen-bond donors (Lipinski definition) is 2. The molecule has 1 saturated carbocycles. The number of hydrogen-bond acceptors (Lipinski definition) is 4. The molecule has 1 aromatic heterocycles. The van der Waals surface area contributed by atoms with Crippen LogP contribution < -0.4 is 10.7 Å². The smallest absolute Gasteiger partial charge is 0.307 e. The Labute approximate surface area is 180 Å². The van der Waals surface area contributed by atoms with Crippen molar-refractivity contribution >= 4 is 22.6 Å². The summed E-state index contributed by atoms with van der Waals surface area (Å²) in [7, 11) is 1.88. The van der Waals surface area contributed by atoms with Gasteiger partial charge in [-0.2, -0.15) is 5.26 Å². The fourth-order valence-electron chi connectivity index (χ4n) is 4.31. The molecule has 31 heavy (non-hydrogen) atoms. The van der Waals surface area contributed by atoms with Crippen LogP contribution in [0.4, 0.5) is 14.9 Å². The number of pyridine rings is 1. The predicted molar refractivity (Wildman–Crippen MR) is 118 cm³/mol. The second-order valence-electron chi connectivity index (χ2n) is 7.93. The fraction of sp³-hybridized carbons (Fsp3) is 0.292. The molecule has 2 amide bonds. The molecule has 0 unspecified atom stereocenters. The van der Waals surface area contributed by atoms with E-state index in [0.29, 0.717) is 17.2 Å². The zero-order valence-corrected chi connectivity index (χ0v) is 17.3. The molecule has 1 aliphatic carbocycles. The maximum absolute atomic E-state index is 13.8. The normalized spacial score (nSPS) is 18.5. The van der Waals surface area contributed by atoms with Gasteiger partial charge in [0.2, 0.25) is 0 Å². The lowest BCUT2D eigenvalue weighted by molar-refractivity contribution is 0.135. The topological polar surface area (TPSA) is 81.0 Å². The Bertz CT molecular complexity index is 1120. The minimum Gasteiger partial charge on any atom is -0.307 e. The van der Waals surface area contributed by atoms with Crippen molar-refractivity contribution in [1.29, 1.82) is 5.26 Å². The highest BCUT2D eigenvalue weighted by molar-refractivity contribution is 5.88. The summed E-state index contributed by atoms with van der Waals surface area (Å²) in [6.07, 6.45) is 5.57. The van der Waals surface area contributed by atoms with Crippen LogP contribution >= 0.6 is 0 Å². The number of rotatable bonds is 4. The van der Waals surface area contributed by atoms with E-state index in [-0.39, 0.29) is 17.9 Å². The van der Waals surface area contributed by atoms with Crippen LogP contribution in [0.2, 0.25) is 0 Å². The maximum atomic E-state index is 13.8. The quantitative estimate of drug-likeness (QED) is 0.589. The van der Waals surface area contributed by atoms with Gasteiger partial charge in [0.1, 0.15) is 5.82 Å². The molecule has 2 N–H and O–H groups in total. The Balaban J connectivity index is 1.33. The largest absolute Gasteiger partial charge is 0.333 e. The van der Waals surface area contributed by atoms with E-state index in [9.17, 15) is 9.18 Å². The van der Waals surface area contributed by atoms with E-state index < -0.39 is 0 Å². The van der Waals surface area contributed by atoms with E-state index in [1.165, 1.54) is 6.07 Å². The minimum atomic E-state index is -0.315. The first kappa shape index (κ1) is 20.8. The lowest BCUT2D eigenvalue weighted by Gasteiger charge is -2.35. The molecule has 1 aliphatic rings. The SMILES string of the molecule is CN(NC(=O)Nc1ccc(C#N)cc1)C1CCC(c2ccnc3ccc(F)cc23)CC1. The van der Waals surface area contributed by atoms with Gasteiger partial charge in [-0.25, -0.2) is 14.2 Å². The van der Waals surface area contributed by atoms with Crippen LogP contribution in [0.1, 0.15) is 42.7 Å². The van der Waals surface area contributed by atoms with Crippen molar-refractivity contribution in [3.8, 4) is 6.07 Å². The van der Waals surface area contributed by atoms with Gasteiger partial charge in [0.15, 0.2) is 0 Å². The number of aromatic nitrogens is 1. The Kier molecular flexibility index (Phi) is 6.10. The summed E-state index contributed by atoms with van der Waals surface area (Å²) in [4.78, 5) is 16.7. The second kappa shape index (κ2) is 9.11. The molecule has 4 rings (SSSR count). The number of anilines is 1. The van der Waals surface area contributed by atoms with Gasteiger partial charge >= 0.3 is 6.03 Å². The van der Waals surface area contributed by atoms with Gasteiger partial charge in [0, 0.05) is 30.4 Å². The zero-order chi connectivity index (χ0) is 21.8. The van der Waals surface area contributed by atoms with Gasteiger partial charge in [-0.1, -0.05) is 0 Å². The monoisotopic (exact) mass is 417 g/mol. The van der Waals surface area contributed by atoms with Crippen molar-refractivity contribution in [3.05, 3.63) is 71.7 Å². The number of amides is 2. The van der Waals surface area contributed by atoms with Crippen molar-refractivity contribution in [1.82, 2.24) is 15.4 Å². The summed E-state index contributed by atoms with van der Waals surface area (Å²) in [5.74, 6) is 0.108. The molecule has 0 bridgehead atoms. The molecule has 0 spiro atoms. The summed E-state index contributed by atoms with van der Waals surface area (Å²) in [5, 5.41) is 14.4. The molecule has 0 saturated heterocycles. The third-order valence-electron chi connectivity index (χ3n) is 5.97. The molecule has 7 heteroatoms. The third-order valence-corrected chi connectivity index (χ3v) is 5.97. The highest BCUT2D eigenvalue weighted by Gasteiger charge is 2.27. The number of urea groups is 1. The third kappa shape index (κ3) is 4.81. The highest BCUT2D eigenvalue weighted by Crippen LogP contribution is 2.37. The molecule has 0 radical (unpaired) electrons. The first-order chi connectivity index (χ1) is 15.0. The second-order valence-corrected chi connectivity index (χ2v) is 7.93. The van der Waals surface area contributed by atoms with Crippen LogP contribution in [-0.2, 0) is 0 Å².